The Hall–Kier alpha value is -0.570. The van der Waals surface area contributed by atoms with Gasteiger partial charge in [-0.3, -0.25) is 4.79 Å². The average molecular weight is 185 g/mol. The topological polar surface area (TPSA) is 49.3 Å². The highest BCUT2D eigenvalue weighted by atomic mass is 16.4. The van der Waals surface area contributed by atoms with Gasteiger partial charge in [-0.15, -0.1) is 0 Å². The number of carboxylic acids is 1. The largest absolute Gasteiger partial charge is 0.481 e. The van der Waals surface area contributed by atoms with Crippen molar-refractivity contribution in [3.05, 3.63) is 0 Å². The third-order valence-corrected chi connectivity index (χ3v) is 2.75. The van der Waals surface area contributed by atoms with Crippen LogP contribution in [0.25, 0.3) is 0 Å². The van der Waals surface area contributed by atoms with Crippen LogP contribution in [0.2, 0.25) is 0 Å². The van der Waals surface area contributed by atoms with Gasteiger partial charge in [0.25, 0.3) is 0 Å². The molecule has 0 bridgehead atoms. The van der Waals surface area contributed by atoms with Gasteiger partial charge in [0.1, 0.15) is 0 Å². The lowest BCUT2D eigenvalue weighted by atomic mass is 10.1. The monoisotopic (exact) mass is 185 g/mol. The molecule has 0 aromatic heterocycles. The van der Waals surface area contributed by atoms with Gasteiger partial charge in [-0.2, -0.15) is 0 Å². The number of aliphatic carboxylic acids is 1. The standard InChI is InChI=1S/C10H19NO2/c1-8-2-3-9(6-8)7-11-5-4-10(12)13/h8-9,11H,2-7H2,1H3,(H,12,13). The van der Waals surface area contributed by atoms with Crippen LogP contribution < -0.4 is 5.32 Å². The Morgan fingerprint density at radius 3 is 2.85 bits per heavy atom. The molecule has 0 aromatic rings. The fraction of sp³-hybridized carbons (Fsp3) is 0.900. The van der Waals surface area contributed by atoms with Crippen LogP contribution in [0.15, 0.2) is 0 Å². The normalized spacial score (nSPS) is 27.8. The van der Waals surface area contributed by atoms with Gasteiger partial charge in [0, 0.05) is 6.54 Å². The molecule has 2 unspecified atom stereocenters. The maximum absolute atomic E-state index is 10.2. The summed E-state index contributed by atoms with van der Waals surface area (Å²) in [6, 6.07) is 0. The fourth-order valence-electron chi connectivity index (χ4n) is 2.01. The van der Waals surface area contributed by atoms with Crippen molar-refractivity contribution < 1.29 is 9.90 Å². The van der Waals surface area contributed by atoms with Gasteiger partial charge < -0.3 is 10.4 Å². The molecule has 0 heterocycles. The molecule has 0 amide bonds. The zero-order chi connectivity index (χ0) is 9.68. The van der Waals surface area contributed by atoms with Crippen LogP contribution >= 0.6 is 0 Å². The van der Waals surface area contributed by atoms with Crippen LogP contribution in [0, 0.1) is 11.8 Å². The number of hydrogen-bond acceptors (Lipinski definition) is 2. The predicted molar refractivity (Wildman–Crippen MR) is 51.6 cm³/mol. The van der Waals surface area contributed by atoms with E-state index in [2.05, 4.69) is 12.2 Å². The number of hydrogen-bond donors (Lipinski definition) is 2. The molecular weight excluding hydrogens is 166 g/mol. The highest BCUT2D eigenvalue weighted by molar-refractivity contribution is 5.66. The zero-order valence-corrected chi connectivity index (χ0v) is 8.25. The minimum Gasteiger partial charge on any atom is -0.481 e. The lowest BCUT2D eigenvalue weighted by Crippen LogP contribution is -2.24. The van der Waals surface area contributed by atoms with Crippen molar-refractivity contribution in [3.8, 4) is 0 Å². The summed E-state index contributed by atoms with van der Waals surface area (Å²) in [6.07, 6.45) is 4.19. The first kappa shape index (κ1) is 10.5. The third-order valence-electron chi connectivity index (χ3n) is 2.75. The second-order valence-electron chi connectivity index (χ2n) is 4.13. The Morgan fingerprint density at radius 2 is 2.31 bits per heavy atom. The SMILES string of the molecule is CC1CCC(CNCCC(=O)O)C1. The number of carboxylic acid groups (broad SMARTS) is 1. The summed E-state index contributed by atoms with van der Waals surface area (Å²) in [4.78, 5) is 10.2. The molecule has 3 nitrogen and oxygen atoms in total. The van der Waals surface area contributed by atoms with Gasteiger partial charge in [0.05, 0.1) is 6.42 Å². The van der Waals surface area contributed by atoms with E-state index >= 15 is 0 Å². The number of rotatable bonds is 5. The van der Waals surface area contributed by atoms with Crippen LogP contribution in [0.3, 0.4) is 0 Å². The molecule has 0 aromatic carbocycles. The van der Waals surface area contributed by atoms with Crippen molar-refractivity contribution in [2.24, 2.45) is 11.8 Å². The van der Waals surface area contributed by atoms with Crippen molar-refractivity contribution in [2.75, 3.05) is 13.1 Å². The Labute approximate surface area is 79.5 Å². The van der Waals surface area contributed by atoms with Gasteiger partial charge >= 0.3 is 5.97 Å². The molecule has 1 aliphatic carbocycles. The molecule has 1 fully saturated rings. The van der Waals surface area contributed by atoms with E-state index in [1.165, 1.54) is 19.3 Å². The summed E-state index contributed by atoms with van der Waals surface area (Å²) in [5, 5.41) is 11.6. The smallest absolute Gasteiger partial charge is 0.304 e. The van der Waals surface area contributed by atoms with Gasteiger partial charge in [-0.25, -0.2) is 0 Å². The zero-order valence-electron chi connectivity index (χ0n) is 8.25. The van der Waals surface area contributed by atoms with Gasteiger partial charge in [-0.05, 0) is 31.2 Å². The molecule has 3 heteroatoms. The van der Waals surface area contributed by atoms with Crippen molar-refractivity contribution in [1.29, 1.82) is 0 Å². The Morgan fingerprint density at radius 1 is 1.54 bits per heavy atom. The second-order valence-corrected chi connectivity index (χ2v) is 4.13. The minimum atomic E-state index is -0.715. The number of nitrogens with one attached hydrogen (secondary N) is 1. The Bertz CT molecular complexity index is 170. The van der Waals surface area contributed by atoms with E-state index < -0.39 is 5.97 Å². The Kier molecular flexibility index (Phi) is 4.22. The summed E-state index contributed by atoms with van der Waals surface area (Å²) >= 11 is 0. The van der Waals surface area contributed by atoms with Crippen molar-refractivity contribution in [1.82, 2.24) is 5.32 Å². The summed E-state index contributed by atoms with van der Waals surface area (Å²) in [6.45, 7) is 3.90. The van der Waals surface area contributed by atoms with Crippen LogP contribution in [0.4, 0.5) is 0 Å². The summed E-state index contributed by atoms with van der Waals surface area (Å²) < 4.78 is 0. The molecule has 13 heavy (non-hydrogen) atoms. The highest BCUT2D eigenvalue weighted by Crippen LogP contribution is 2.29. The van der Waals surface area contributed by atoms with E-state index in [0.29, 0.717) is 6.54 Å². The fourth-order valence-corrected chi connectivity index (χ4v) is 2.01. The van der Waals surface area contributed by atoms with Crippen molar-refractivity contribution in [2.45, 2.75) is 32.6 Å². The van der Waals surface area contributed by atoms with Crippen LogP contribution in [0.5, 0.6) is 0 Å². The first-order chi connectivity index (χ1) is 6.18. The van der Waals surface area contributed by atoms with Crippen molar-refractivity contribution in [3.63, 3.8) is 0 Å². The molecule has 0 aliphatic heterocycles. The molecule has 2 atom stereocenters. The number of carbonyl (C=O) groups is 1. The average Bonchev–Trinajstić information content (AvgIpc) is 2.45. The first-order valence-electron chi connectivity index (χ1n) is 5.11. The lowest BCUT2D eigenvalue weighted by Gasteiger charge is -2.09. The molecule has 1 saturated carbocycles. The molecule has 1 rings (SSSR count). The molecule has 0 spiro atoms. The van der Waals surface area contributed by atoms with Crippen LogP contribution in [0.1, 0.15) is 32.6 Å². The van der Waals surface area contributed by atoms with Crippen LogP contribution in [-0.4, -0.2) is 24.2 Å². The molecule has 2 N–H and O–H groups in total. The summed E-state index contributed by atoms with van der Waals surface area (Å²) in [5.41, 5.74) is 0. The third kappa shape index (κ3) is 4.27. The minimum absolute atomic E-state index is 0.238. The second kappa shape index (κ2) is 5.22. The van der Waals surface area contributed by atoms with Gasteiger partial charge in [0.2, 0.25) is 0 Å². The maximum atomic E-state index is 10.2. The molecule has 0 radical (unpaired) electrons. The first-order valence-corrected chi connectivity index (χ1v) is 5.11. The van der Waals surface area contributed by atoms with Crippen LogP contribution in [-0.2, 0) is 4.79 Å². The van der Waals surface area contributed by atoms with E-state index in [0.717, 1.165) is 18.4 Å². The van der Waals surface area contributed by atoms with E-state index in [4.69, 9.17) is 5.11 Å². The van der Waals surface area contributed by atoms with Crippen molar-refractivity contribution >= 4 is 5.97 Å². The lowest BCUT2D eigenvalue weighted by molar-refractivity contribution is -0.136. The Balaban J connectivity index is 1.97. The van der Waals surface area contributed by atoms with E-state index in [-0.39, 0.29) is 6.42 Å². The molecule has 76 valence electrons. The predicted octanol–water partition coefficient (Wildman–Crippen LogP) is 1.49. The van der Waals surface area contributed by atoms with E-state index in [1.54, 1.807) is 0 Å². The quantitative estimate of drug-likeness (QED) is 0.638. The van der Waals surface area contributed by atoms with E-state index in [1.807, 2.05) is 0 Å². The summed E-state index contributed by atoms with van der Waals surface area (Å²) in [5.74, 6) is 0.933. The highest BCUT2D eigenvalue weighted by Gasteiger charge is 2.20. The van der Waals surface area contributed by atoms with E-state index in [9.17, 15) is 4.79 Å². The molecule has 1 aliphatic rings. The van der Waals surface area contributed by atoms with Gasteiger partial charge in [-0.1, -0.05) is 13.3 Å². The van der Waals surface area contributed by atoms with Gasteiger partial charge in [0.15, 0.2) is 0 Å². The summed E-state index contributed by atoms with van der Waals surface area (Å²) in [7, 11) is 0. The molecule has 0 saturated heterocycles. The maximum Gasteiger partial charge on any atom is 0.304 e. The molecular formula is C10H19NO2.